The van der Waals surface area contributed by atoms with Crippen LogP contribution in [0.2, 0.25) is 0 Å². The topological polar surface area (TPSA) is 46.4 Å². The van der Waals surface area contributed by atoms with Crippen LogP contribution in [0.5, 0.6) is 0 Å². The van der Waals surface area contributed by atoms with Gasteiger partial charge in [0.1, 0.15) is 5.69 Å². The minimum Gasteiger partial charge on any atom is -0.369 e. The summed E-state index contributed by atoms with van der Waals surface area (Å²) in [6, 6.07) is 6.84. The minimum atomic E-state index is -0.336. The van der Waals surface area contributed by atoms with Gasteiger partial charge >= 0.3 is 0 Å². The number of hydrogen-bond acceptors (Lipinski definition) is 3. The Morgan fingerprint density at radius 3 is 2.67 bits per heavy atom. The summed E-state index contributed by atoms with van der Waals surface area (Å²) < 4.78 is 0. The predicted octanol–water partition coefficient (Wildman–Crippen LogP) is 2.83. The first-order valence-corrected chi connectivity index (χ1v) is 5.11. The normalized spacial score (nSPS) is 10.0. The summed E-state index contributed by atoms with van der Waals surface area (Å²) in [7, 11) is 1.89. The Morgan fingerprint density at radius 2 is 2.07 bits per heavy atom. The van der Waals surface area contributed by atoms with Gasteiger partial charge < -0.3 is 4.90 Å². The molecule has 82 valence electrons. The Balaban J connectivity index is 2.87. The zero-order valence-corrected chi connectivity index (χ0v) is 9.14. The second-order valence-electron chi connectivity index (χ2n) is 3.52. The Bertz CT molecular complexity index is 339. The molecule has 0 spiro atoms. The van der Waals surface area contributed by atoms with Crippen molar-refractivity contribution in [2.45, 2.75) is 19.8 Å². The van der Waals surface area contributed by atoms with E-state index in [0.717, 1.165) is 19.4 Å². The van der Waals surface area contributed by atoms with Gasteiger partial charge in [0, 0.05) is 19.7 Å². The zero-order chi connectivity index (χ0) is 11.3. The number of nitro groups is 1. The standard InChI is InChI=1S/C11H16N2O2/c1-3-4-9-12(2)10-7-5-6-8-11(10)13(14)15/h5-8H,3-4,9H2,1-2H3. The maximum absolute atomic E-state index is 10.8. The third-order valence-corrected chi connectivity index (χ3v) is 2.34. The van der Waals surface area contributed by atoms with E-state index in [0.29, 0.717) is 5.69 Å². The monoisotopic (exact) mass is 208 g/mol. The van der Waals surface area contributed by atoms with Gasteiger partial charge in [-0.05, 0) is 12.5 Å². The number of nitro benzene ring substituents is 1. The Morgan fingerprint density at radius 1 is 1.40 bits per heavy atom. The summed E-state index contributed by atoms with van der Waals surface area (Å²) in [5, 5.41) is 10.8. The SMILES string of the molecule is CCCCN(C)c1ccccc1[N+](=O)[O-]. The zero-order valence-electron chi connectivity index (χ0n) is 9.14. The molecule has 15 heavy (non-hydrogen) atoms. The van der Waals surface area contributed by atoms with Gasteiger partial charge in [-0.3, -0.25) is 10.1 Å². The highest BCUT2D eigenvalue weighted by Crippen LogP contribution is 2.26. The molecule has 0 atom stereocenters. The number of anilines is 1. The van der Waals surface area contributed by atoms with Crippen LogP contribution in [0.1, 0.15) is 19.8 Å². The maximum Gasteiger partial charge on any atom is 0.292 e. The summed E-state index contributed by atoms with van der Waals surface area (Å²) >= 11 is 0. The third kappa shape index (κ3) is 2.94. The first-order chi connectivity index (χ1) is 7.16. The average Bonchev–Trinajstić information content (AvgIpc) is 2.25. The lowest BCUT2D eigenvalue weighted by molar-refractivity contribution is -0.384. The Labute approximate surface area is 89.7 Å². The van der Waals surface area contributed by atoms with E-state index in [1.807, 2.05) is 18.0 Å². The molecule has 1 rings (SSSR count). The van der Waals surface area contributed by atoms with Gasteiger partial charge in [-0.15, -0.1) is 0 Å². The third-order valence-electron chi connectivity index (χ3n) is 2.34. The fourth-order valence-corrected chi connectivity index (χ4v) is 1.46. The molecule has 0 heterocycles. The van der Waals surface area contributed by atoms with E-state index in [-0.39, 0.29) is 10.6 Å². The van der Waals surface area contributed by atoms with Crippen molar-refractivity contribution >= 4 is 11.4 Å². The maximum atomic E-state index is 10.8. The lowest BCUT2D eigenvalue weighted by atomic mass is 10.2. The second-order valence-corrected chi connectivity index (χ2v) is 3.52. The molecule has 0 saturated heterocycles. The molecule has 0 aromatic heterocycles. The molecule has 0 bridgehead atoms. The highest BCUT2D eigenvalue weighted by molar-refractivity contribution is 5.62. The fourth-order valence-electron chi connectivity index (χ4n) is 1.46. The fraction of sp³-hybridized carbons (Fsp3) is 0.455. The largest absolute Gasteiger partial charge is 0.369 e. The second kappa shape index (κ2) is 5.34. The molecule has 0 fully saturated rings. The molecule has 0 radical (unpaired) electrons. The lowest BCUT2D eigenvalue weighted by Gasteiger charge is -2.18. The van der Waals surface area contributed by atoms with Crippen molar-refractivity contribution in [3.8, 4) is 0 Å². The van der Waals surface area contributed by atoms with Crippen LogP contribution in [-0.4, -0.2) is 18.5 Å². The van der Waals surface area contributed by atoms with Crippen molar-refractivity contribution in [3.05, 3.63) is 34.4 Å². The smallest absolute Gasteiger partial charge is 0.292 e. The van der Waals surface area contributed by atoms with Gasteiger partial charge in [0.25, 0.3) is 5.69 Å². The number of rotatable bonds is 5. The first-order valence-electron chi connectivity index (χ1n) is 5.11. The van der Waals surface area contributed by atoms with Crippen LogP contribution in [0.25, 0.3) is 0 Å². The van der Waals surface area contributed by atoms with Gasteiger partial charge in [0.15, 0.2) is 0 Å². The van der Waals surface area contributed by atoms with E-state index in [4.69, 9.17) is 0 Å². The minimum absolute atomic E-state index is 0.177. The van der Waals surface area contributed by atoms with E-state index in [1.54, 1.807) is 12.1 Å². The van der Waals surface area contributed by atoms with Crippen molar-refractivity contribution in [1.82, 2.24) is 0 Å². The van der Waals surface area contributed by atoms with Gasteiger partial charge in [-0.1, -0.05) is 25.5 Å². The van der Waals surface area contributed by atoms with Crippen molar-refractivity contribution in [3.63, 3.8) is 0 Å². The van der Waals surface area contributed by atoms with E-state index >= 15 is 0 Å². The molecule has 4 heteroatoms. The predicted molar refractivity (Wildman–Crippen MR) is 61.3 cm³/mol. The molecule has 1 aromatic carbocycles. The van der Waals surface area contributed by atoms with Gasteiger partial charge in [0.2, 0.25) is 0 Å². The van der Waals surface area contributed by atoms with Crippen molar-refractivity contribution in [2.24, 2.45) is 0 Å². The van der Waals surface area contributed by atoms with Crippen LogP contribution in [-0.2, 0) is 0 Å². The first kappa shape index (κ1) is 11.5. The van der Waals surface area contributed by atoms with Crippen molar-refractivity contribution in [1.29, 1.82) is 0 Å². The highest BCUT2D eigenvalue weighted by Gasteiger charge is 2.14. The molecule has 0 unspecified atom stereocenters. The summed E-state index contributed by atoms with van der Waals surface area (Å²) in [4.78, 5) is 12.4. The number of unbranched alkanes of at least 4 members (excludes halogenated alkanes) is 1. The van der Waals surface area contributed by atoms with Crippen molar-refractivity contribution < 1.29 is 4.92 Å². The molecule has 0 aliphatic heterocycles. The molecular weight excluding hydrogens is 192 g/mol. The van der Waals surface area contributed by atoms with Gasteiger partial charge in [0.05, 0.1) is 4.92 Å². The molecule has 0 amide bonds. The van der Waals surface area contributed by atoms with E-state index in [9.17, 15) is 10.1 Å². The van der Waals surface area contributed by atoms with Gasteiger partial charge in [-0.2, -0.15) is 0 Å². The van der Waals surface area contributed by atoms with E-state index in [1.165, 1.54) is 6.07 Å². The molecule has 0 saturated carbocycles. The summed E-state index contributed by atoms with van der Waals surface area (Å²) in [6.45, 7) is 2.95. The molecule has 4 nitrogen and oxygen atoms in total. The molecule has 0 aliphatic rings. The number of para-hydroxylation sites is 2. The number of benzene rings is 1. The van der Waals surface area contributed by atoms with Gasteiger partial charge in [-0.25, -0.2) is 0 Å². The molecule has 0 aliphatic carbocycles. The van der Waals surface area contributed by atoms with Crippen LogP contribution >= 0.6 is 0 Å². The average molecular weight is 208 g/mol. The molecule has 1 aromatic rings. The summed E-state index contributed by atoms with van der Waals surface area (Å²) in [5.41, 5.74) is 0.868. The van der Waals surface area contributed by atoms with Crippen LogP contribution in [0, 0.1) is 10.1 Å². The van der Waals surface area contributed by atoms with E-state index < -0.39 is 0 Å². The highest BCUT2D eigenvalue weighted by atomic mass is 16.6. The summed E-state index contributed by atoms with van der Waals surface area (Å²) in [5.74, 6) is 0. The van der Waals surface area contributed by atoms with Crippen LogP contribution in [0.3, 0.4) is 0 Å². The van der Waals surface area contributed by atoms with Crippen molar-refractivity contribution in [2.75, 3.05) is 18.5 Å². The van der Waals surface area contributed by atoms with Crippen LogP contribution in [0.15, 0.2) is 24.3 Å². The lowest BCUT2D eigenvalue weighted by Crippen LogP contribution is -2.19. The van der Waals surface area contributed by atoms with E-state index in [2.05, 4.69) is 6.92 Å². The Kier molecular flexibility index (Phi) is 4.09. The molecule has 0 N–H and O–H groups in total. The molecular formula is C11H16N2O2. The Hall–Kier alpha value is -1.58. The summed E-state index contributed by atoms with van der Waals surface area (Å²) in [6.07, 6.45) is 2.13. The van der Waals surface area contributed by atoms with Crippen LogP contribution < -0.4 is 4.90 Å². The number of nitrogens with zero attached hydrogens (tertiary/aromatic N) is 2. The number of hydrogen-bond donors (Lipinski definition) is 0. The quantitative estimate of drug-likeness (QED) is 0.552. The van der Waals surface area contributed by atoms with Crippen LogP contribution in [0.4, 0.5) is 11.4 Å².